The number of hydrogen-bond donors (Lipinski definition) is 2. The number of nitrogens with zero attached hydrogens (tertiary/aromatic N) is 3. The van der Waals surface area contributed by atoms with Crippen molar-refractivity contribution in [3.63, 3.8) is 0 Å². The summed E-state index contributed by atoms with van der Waals surface area (Å²) < 4.78 is 1.87. The lowest BCUT2D eigenvalue weighted by atomic mass is 10.0. The highest BCUT2D eigenvalue weighted by molar-refractivity contribution is 5.96. The van der Waals surface area contributed by atoms with Crippen LogP contribution in [0.5, 0.6) is 0 Å². The van der Waals surface area contributed by atoms with Crippen LogP contribution in [-0.2, 0) is 11.2 Å². The van der Waals surface area contributed by atoms with Crippen molar-refractivity contribution in [1.29, 1.82) is 0 Å². The van der Waals surface area contributed by atoms with Gasteiger partial charge in [-0.3, -0.25) is 14.3 Å². The minimum absolute atomic E-state index is 0.00406. The number of amides is 2. The fourth-order valence-corrected chi connectivity index (χ4v) is 4.16. The van der Waals surface area contributed by atoms with Gasteiger partial charge < -0.3 is 15.5 Å². The molecule has 2 amide bonds. The molecule has 0 radical (unpaired) electrons. The summed E-state index contributed by atoms with van der Waals surface area (Å²) in [5.74, 6) is -0.295. The molecule has 0 aliphatic carbocycles. The van der Waals surface area contributed by atoms with Gasteiger partial charge in [0.25, 0.3) is 5.91 Å². The van der Waals surface area contributed by atoms with Crippen LogP contribution < -0.4 is 10.6 Å². The Morgan fingerprint density at radius 2 is 1.93 bits per heavy atom. The standard InChI is InChI=1S/C22H29N5O2/c28-21(19-10-14-27(25-19)18-9-6-11-23-16-18)24-20(15-17-7-2-1-3-8-17)22(29)26-12-4-5-13-26/h1-3,7-8,10,14,18,20,23H,4-6,9,11-13,15-16H2,(H,24,28). The van der Waals surface area contributed by atoms with Gasteiger partial charge in [0.15, 0.2) is 0 Å². The average Bonchev–Trinajstić information content (AvgIpc) is 3.46. The number of likely N-dealkylation sites (tertiary alicyclic amines) is 1. The second-order valence-electron chi connectivity index (χ2n) is 7.93. The van der Waals surface area contributed by atoms with Gasteiger partial charge in [-0.25, -0.2) is 0 Å². The van der Waals surface area contributed by atoms with Crippen molar-refractivity contribution in [3.05, 3.63) is 53.9 Å². The van der Waals surface area contributed by atoms with Crippen molar-refractivity contribution in [1.82, 2.24) is 25.3 Å². The summed E-state index contributed by atoms with van der Waals surface area (Å²) in [5, 5.41) is 10.8. The third-order valence-electron chi connectivity index (χ3n) is 5.79. The predicted molar refractivity (Wildman–Crippen MR) is 111 cm³/mol. The van der Waals surface area contributed by atoms with Crippen LogP contribution >= 0.6 is 0 Å². The molecule has 0 saturated carbocycles. The molecule has 7 heteroatoms. The van der Waals surface area contributed by atoms with Crippen LogP contribution in [0.2, 0.25) is 0 Å². The minimum atomic E-state index is -0.579. The topological polar surface area (TPSA) is 79.3 Å². The molecule has 3 heterocycles. The van der Waals surface area contributed by atoms with Gasteiger partial charge >= 0.3 is 0 Å². The fourth-order valence-electron chi connectivity index (χ4n) is 4.16. The highest BCUT2D eigenvalue weighted by Crippen LogP contribution is 2.16. The van der Waals surface area contributed by atoms with E-state index in [1.807, 2.05) is 46.1 Å². The van der Waals surface area contributed by atoms with Crippen LogP contribution in [0.15, 0.2) is 42.6 Å². The summed E-state index contributed by atoms with van der Waals surface area (Å²) >= 11 is 0. The zero-order chi connectivity index (χ0) is 20.1. The number of hydrogen-bond acceptors (Lipinski definition) is 4. The van der Waals surface area contributed by atoms with Crippen molar-refractivity contribution in [2.75, 3.05) is 26.2 Å². The Bertz CT molecular complexity index is 823. The van der Waals surface area contributed by atoms with Crippen LogP contribution in [0, 0.1) is 0 Å². The molecule has 0 bridgehead atoms. The molecule has 4 rings (SSSR count). The molecule has 1 aromatic heterocycles. The van der Waals surface area contributed by atoms with Crippen LogP contribution in [0.25, 0.3) is 0 Å². The van der Waals surface area contributed by atoms with Gasteiger partial charge in [-0.2, -0.15) is 5.10 Å². The van der Waals surface area contributed by atoms with Gasteiger partial charge in [0.2, 0.25) is 5.91 Å². The summed E-state index contributed by atoms with van der Waals surface area (Å²) in [5.41, 5.74) is 1.40. The van der Waals surface area contributed by atoms with E-state index in [9.17, 15) is 9.59 Å². The number of piperidine rings is 1. The smallest absolute Gasteiger partial charge is 0.272 e. The monoisotopic (exact) mass is 395 g/mol. The van der Waals surface area contributed by atoms with Crippen molar-refractivity contribution in [2.45, 2.75) is 44.2 Å². The van der Waals surface area contributed by atoms with E-state index in [-0.39, 0.29) is 17.9 Å². The summed E-state index contributed by atoms with van der Waals surface area (Å²) in [6.45, 7) is 3.43. The van der Waals surface area contributed by atoms with Crippen molar-refractivity contribution < 1.29 is 9.59 Å². The van der Waals surface area contributed by atoms with Crippen LogP contribution in [0.1, 0.15) is 47.8 Å². The lowest BCUT2D eigenvalue weighted by Gasteiger charge is -2.24. The predicted octanol–water partition coefficient (Wildman–Crippen LogP) is 1.77. The first kappa shape index (κ1) is 19.6. The van der Waals surface area contributed by atoms with E-state index >= 15 is 0 Å². The van der Waals surface area contributed by atoms with Crippen LogP contribution in [-0.4, -0.2) is 58.7 Å². The number of aromatic nitrogens is 2. The van der Waals surface area contributed by atoms with E-state index in [0.29, 0.717) is 12.1 Å². The molecule has 154 valence electrons. The van der Waals surface area contributed by atoms with E-state index < -0.39 is 6.04 Å². The summed E-state index contributed by atoms with van der Waals surface area (Å²) in [7, 11) is 0. The Morgan fingerprint density at radius 1 is 1.14 bits per heavy atom. The molecule has 2 unspecified atom stereocenters. The Morgan fingerprint density at radius 3 is 2.66 bits per heavy atom. The van der Waals surface area contributed by atoms with Gasteiger partial charge in [-0.05, 0) is 43.9 Å². The van der Waals surface area contributed by atoms with Gasteiger partial charge in [0.05, 0.1) is 6.04 Å². The zero-order valence-electron chi connectivity index (χ0n) is 16.7. The highest BCUT2D eigenvalue weighted by Gasteiger charge is 2.29. The number of carbonyl (C=O) groups excluding carboxylic acids is 2. The first-order valence-corrected chi connectivity index (χ1v) is 10.6. The maximum Gasteiger partial charge on any atom is 0.272 e. The third kappa shape index (κ3) is 4.85. The molecule has 2 aromatic rings. The van der Waals surface area contributed by atoms with Gasteiger partial charge in [-0.1, -0.05) is 30.3 Å². The van der Waals surface area contributed by atoms with Gasteiger partial charge in [0.1, 0.15) is 11.7 Å². The molecule has 2 aliphatic heterocycles. The van der Waals surface area contributed by atoms with Gasteiger partial charge in [-0.15, -0.1) is 0 Å². The summed E-state index contributed by atoms with van der Waals surface area (Å²) in [4.78, 5) is 27.8. The normalized spacial score (nSPS) is 20.4. The Hall–Kier alpha value is -2.67. The Kier molecular flexibility index (Phi) is 6.24. The molecule has 2 fully saturated rings. The molecular weight excluding hydrogens is 366 g/mol. The van der Waals surface area contributed by atoms with E-state index in [0.717, 1.165) is 57.4 Å². The summed E-state index contributed by atoms with van der Waals surface area (Å²) in [6, 6.07) is 11.3. The number of nitrogens with one attached hydrogen (secondary N) is 2. The van der Waals surface area contributed by atoms with E-state index in [1.165, 1.54) is 0 Å². The van der Waals surface area contributed by atoms with Gasteiger partial charge in [0, 0.05) is 32.3 Å². The number of benzene rings is 1. The van der Waals surface area contributed by atoms with Crippen LogP contribution in [0.4, 0.5) is 0 Å². The van der Waals surface area contributed by atoms with Crippen molar-refractivity contribution in [2.24, 2.45) is 0 Å². The molecule has 1 aromatic carbocycles. The second kappa shape index (κ2) is 9.22. The third-order valence-corrected chi connectivity index (χ3v) is 5.79. The molecule has 2 atom stereocenters. The van der Waals surface area contributed by atoms with Crippen LogP contribution in [0.3, 0.4) is 0 Å². The highest BCUT2D eigenvalue weighted by atomic mass is 16.2. The van der Waals surface area contributed by atoms with Crippen molar-refractivity contribution in [3.8, 4) is 0 Å². The largest absolute Gasteiger partial charge is 0.341 e. The Labute approximate surface area is 171 Å². The first-order chi connectivity index (χ1) is 14.2. The van der Waals surface area contributed by atoms with E-state index in [1.54, 1.807) is 6.07 Å². The number of rotatable bonds is 6. The second-order valence-corrected chi connectivity index (χ2v) is 7.93. The maximum atomic E-state index is 13.0. The summed E-state index contributed by atoms with van der Waals surface area (Å²) in [6.07, 6.45) is 6.56. The van der Waals surface area contributed by atoms with E-state index in [4.69, 9.17) is 0 Å². The fraction of sp³-hybridized carbons (Fsp3) is 0.500. The lowest BCUT2D eigenvalue weighted by Crippen LogP contribution is -2.49. The number of carbonyl (C=O) groups is 2. The Balaban J connectivity index is 1.46. The average molecular weight is 396 g/mol. The SMILES string of the molecule is O=C(NC(Cc1ccccc1)C(=O)N1CCCC1)c1ccn(C2CCCNC2)n1. The molecular formula is C22H29N5O2. The molecule has 0 spiro atoms. The zero-order valence-corrected chi connectivity index (χ0v) is 16.7. The molecule has 7 nitrogen and oxygen atoms in total. The quantitative estimate of drug-likeness (QED) is 0.781. The van der Waals surface area contributed by atoms with E-state index in [2.05, 4.69) is 15.7 Å². The first-order valence-electron chi connectivity index (χ1n) is 10.6. The minimum Gasteiger partial charge on any atom is -0.341 e. The van der Waals surface area contributed by atoms with Crippen molar-refractivity contribution >= 4 is 11.8 Å². The molecule has 2 N–H and O–H groups in total. The lowest BCUT2D eigenvalue weighted by molar-refractivity contribution is -0.132. The molecule has 2 saturated heterocycles. The molecule has 29 heavy (non-hydrogen) atoms. The maximum absolute atomic E-state index is 13.0. The molecule has 2 aliphatic rings.